The summed E-state index contributed by atoms with van der Waals surface area (Å²) in [6.07, 6.45) is 0.326. The van der Waals surface area contributed by atoms with Gasteiger partial charge in [-0.25, -0.2) is 17.9 Å². The summed E-state index contributed by atoms with van der Waals surface area (Å²) in [5.41, 5.74) is 2.47. The number of nitrogens with zero attached hydrogens (tertiary/aromatic N) is 4. The van der Waals surface area contributed by atoms with Gasteiger partial charge in [0.25, 0.3) is 0 Å². The highest BCUT2D eigenvalue weighted by atomic mass is 35.5. The number of aliphatic hydroxyl groups excluding tert-OH is 1. The van der Waals surface area contributed by atoms with Crippen molar-refractivity contribution in [2.24, 2.45) is 0 Å². The molecule has 0 amide bonds. The molecule has 0 saturated carbocycles. The van der Waals surface area contributed by atoms with E-state index in [1.807, 2.05) is 12.1 Å². The summed E-state index contributed by atoms with van der Waals surface area (Å²) in [4.78, 5) is 13.1. The molecule has 0 aliphatic carbocycles. The third-order valence-corrected chi connectivity index (χ3v) is 7.67. The van der Waals surface area contributed by atoms with Crippen LogP contribution in [-0.2, 0) is 9.84 Å². The third-order valence-electron chi connectivity index (χ3n) is 5.47. The van der Waals surface area contributed by atoms with Gasteiger partial charge in [-0.15, -0.1) is 5.10 Å². The second kappa shape index (κ2) is 7.70. The molecule has 0 spiro atoms. The van der Waals surface area contributed by atoms with Crippen molar-refractivity contribution in [3.8, 4) is 22.3 Å². The molecule has 5 rings (SSSR count). The minimum atomic E-state index is -3.48. The number of hydrogen-bond acceptors (Lipinski definition) is 6. The Morgan fingerprint density at radius 2 is 1.53 bits per heavy atom. The molecule has 3 heterocycles. The van der Waals surface area contributed by atoms with E-state index in [1.54, 1.807) is 42.6 Å². The number of aliphatic hydroxyl groups is 1. The van der Waals surface area contributed by atoms with Crippen LogP contribution in [0.2, 0.25) is 10.0 Å². The molecular weight excluding hydrogens is 475 g/mol. The zero-order chi connectivity index (χ0) is 22.6. The van der Waals surface area contributed by atoms with Crippen LogP contribution >= 0.6 is 23.2 Å². The Bertz CT molecular complexity index is 1500. The molecular formula is C21H16Cl2N4O4S. The number of fused-ring (bicyclic) bond motifs is 1. The van der Waals surface area contributed by atoms with Gasteiger partial charge >= 0.3 is 5.69 Å². The molecule has 2 aromatic heterocycles. The van der Waals surface area contributed by atoms with Gasteiger partial charge in [-0.1, -0.05) is 47.5 Å². The van der Waals surface area contributed by atoms with Gasteiger partial charge in [0.05, 0.1) is 29.8 Å². The van der Waals surface area contributed by atoms with Gasteiger partial charge in [-0.05, 0) is 35.4 Å². The van der Waals surface area contributed by atoms with Crippen LogP contribution in [0.25, 0.3) is 27.9 Å². The fourth-order valence-electron chi connectivity index (χ4n) is 3.94. The molecule has 1 saturated heterocycles. The fraction of sp³-hybridized carbons (Fsp3) is 0.190. The summed E-state index contributed by atoms with van der Waals surface area (Å²) in [6.45, 7) is 0. The number of sulfone groups is 1. The Balaban J connectivity index is 1.79. The van der Waals surface area contributed by atoms with E-state index in [0.717, 1.165) is 20.3 Å². The predicted octanol–water partition coefficient (Wildman–Crippen LogP) is 2.86. The largest absolute Gasteiger partial charge is 0.390 e. The highest BCUT2D eigenvalue weighted by Crippen LogP contribution is 2.35. The molecule has 0 radical (unpaired) electrons. The first-order valence-electron chi connectivity index (χ1n) is 9.64. The van der Waals surface area contributed by atoms with Gasteiger partial charge in [0.15, 0.2) is 15.5 Å². The number of rotatable bonds is 3. The Kier molecular flexibility index (Phi) is 5.09. The topological polar surface area (TPSA) is 107 Å². The Morgan fingerprint density at radius 3 is 2.09 bits per heavy atom. The normalized spacial score (nSPS) is 20.1. The van der Waals surface area contributed by atoms with Crippen LogP contribution in [0.5, 0.6) is 0 Å². The highest BCUT2D eigenvalue weighted by molar-refractivity contribution is 7.91. The van der Waals surface area contributed by atoms with Crippen LogP contribution in [0.15, 0.2) is 59.5 Å². The second-order valence-electron chi connectivity index (χ2n) is 7.62. The van der Waals surface area contributed by atoms with Crippen molar-refractivity contribution in [1.29, 1.82) is 0 Å². The molecule has 4 aromatic rings. The maximum Gasteiger partial charge on any atom is 0.367 e. The van der Waals surface area contributed by atoms with Crippen LogP contribution in [0.3, 0.4) is 0 Å². The van der Waals surface area contributed by atoms with Crippen molar-refractivity contribution in [2.75, 3.05) is 11.5 Å². The zero-order valence-electron chi connectivity index (χ0n) is 16.4. The molecule has 11 heteroatoms. The van der Waals surface area contributed by atoms with E-state index in [2.05, 4.69) is 10.2 Å². The fourth-order valence-corrected chi connectivity index (χ4v) is 5.96. The summed E-state index contributed by atoms with van der Waals surface area (Å²) in [7, 11) is -3.48. The summed E-state index contributed by atoms with van der Waals surface area (Å²) >= 11 is 12.1. The lowest BCUT2D eigenvalue weighted by Gasteiger charge is -2.11. The lowest BCUT2D eigenvalue weighted by Crippen LogP contribution is -2.32. The van der Waals surface area contributed by atoms with Gasteiger partial charge in [0.2, 0.25) is 0 Å². The molecule has 0 unspecified atom stereocenters. The molecule has 0 bridgehead atoms. The highest BCUT2D eigenvalue weighted by Gasteiger charge is 2.40. The quantitative estimate of drug-likeness (QED) is 0.473. The maximum absolute atomic E-state index is 13.1. The first kappa shape index (κ1) is 21.1. The molecule has 8 nitrogen and oxygen atoms in total. The smallest absolute Gasteiger partial charge is 0.367 e. The molecule has 1 N–H and O–H groups in total. The first-order chi connectivity index (χ1) is 15.2. The monoisotopic (exact) mass is 490 g/mol. The van der Waals surface area contributed by atoms with Crippen molar-refractivity contribution in [1.82, 2.24) is 19.4 Å². The standard InChI is InChI=1S/C21H16Cl2N4O4S/c22-14-5-1-12(2-6-14)16-9-24-27-20(19(16)13-3-7-15(23)8-4-13)25-26(21(27)29)17-10-32(30,31)11-18(17)28/h1-9,17-18,28H,10-11H2/t17-,18-/m0/s1. The van der Waals surface area contributed by atoms with Crippen molar-refractivity contribution >= 4 is 38.7 Å². The Labute approximate surface area is 192 Å². The van der Waals surface area contributed by atoms with Gasteiger partial charge in [0, 0.05) is 21.2 Å². The average molecular weight is 491 g/mol. The molecule has 1 fully saturated rings. The minimum absolute atomic E-state index is 0.237. The number of halogens is 2. The van der Waals surface area contributed by atoms with Crippen LogP contribution < -0.4 is 5.69 Å². The molecule has 1 aliphatic heterocycles. The Hall–Kier alpha value is -2.72. The number of aromatic nitrogens is 4. The number of benzene rings is 2. The summed E-state index contributed by atoms with van der Waals surface area (Å²) in [5.74, 6) is -0.774. The van der Waals surface area contributed by atoms with Crippen LogP contribution in [0, 0.1) is 0 Å². The van der Waals surface area contributed by atoms with E-state index >= 15 is 0 Å². The summed E-state index contributed by atoms with van der Waals surface area (Å²) in [5, 5.41) is 20.1. The zero-order valence-corrected chi connectivity index (χ0v) is 18.7. The molecule has 2 atom stereocenters. The minimum Gasteiger partial charge on any atom is -0.390 e. The third kappa shape index (κ3) is 3.61. The molecule has 164 valence electrons. The van der Waals surface area contributed by atoms with E-state index in [4.69, 9.17) is 23.2 Å². The van der Waals surface area contributed by atoms with Crippen LogP contribution in [0.1, 0.15) is 6.04 Å². The Morgan fingerprint density at radius 1 is 0.938 bits per heavy atom. The van der Waals surface area contributed by atoms with E-state index in [0.29, 0.717) is 21.2 Å². The average Bonchev–Trinajstić information content (AvgIpc) is 3.23. The lowest BCUT2D eigenvalue weighted by atomic mass is 9.97. The summed E-state index contributed by atoms with van der Waals surface area (Å²) in [6, 6.07) is 13.2. The maximum atomic E-state index is 13.1. The number of hydrogen-bond donors (Lipinski definition) is 1. The van der Waals surface area contributed by atoms with E-state index < -0.39 is 33.4 Å². The lowest BCUT2D eigenvalue weighted by molar-refractivity contribution is 0.144. The van der Waals surface area contributed by atoms with Crippen molar-refractivity contribution in [3.05, 3.63) is 75.3 Å². The molecule has 32 heavy (non-hydrogen) atoms. The van der Waals surface area contributed by atoms with Gasteiger partial charge in [0.1, 0.15) is 0 Å². The van der Waals surface area contributed by atoms with Crippen molar-refractivity contribution in [2.45, 2.75) is 12.1 Å². The van der Waals surface area contributed by atoms with E-state index in [9.17, 15) is 18.3 Å². The molecule has 1 aliphatic rings. The van der Waals surface area contributed by atoms with Gasteiger partial charge in [-0.2, -0.15) is 9.61 Å². The van der Waals surface area contributed by atoms with E-state index in [-0.39, 0.29) is 11.4 Å². The van der Waals surface area contributed by atoms with Crippen molar-refractivity contribution < 1.29 is 13.5 Å². The van der Waals surface area contributed by atoms with Crippen LogP contribution in [0.4, 0.5) is 0 Å². The van der Waals surface area contributed by atoms with Crippen molar-refractivity contribution in [3.63, 3.8) is 0 Å². The second-order valence-corrected chi connectivity index (χ2v) is 10.6. The predicted molar refractivity (Wildman–Crippen MR) is 122 cm³/mol. The first-order valence-corrected chi connectivity index (χ1v) is 12.2. The summed E-state index contributed by atoms with van der Waals surface area (Å²) < 4.78 is 26.1. The SMILES string of the molecule is O=c1n([C@H]2CS(=O)(=O)C[C@@H]2O)nc2c(-c3ccc(Cl)cc3)c(-c3ccc(Cl)cc3)cnn12. The van der Waals surface area contributed by atoms with Crippen LogP contribution in [-0.4, -0.2) is 50.5 Å². The van der Waals surface area contributed by atoms with Gasteiger partial charge in [-0.3, -0.25) is 0 Å². The van der Waals surface area contributed by atoms with Gasteiger partial charge < -0.3 is 5.11 Å². The molecule has 2 aromatic carbocycles. The van der Waals surface area contributed by atoms with E-state index in [1.165, 1.54) is 0 Å².